The molecule has 0 fully saturated rings. The first kappa shape index (κ1) is 27.4. The van der Waals surface area contributed by atoms with E-state index in [-0.39, 0.29) is 13.0 Å². The molecule has 0 saturated carbocycles. The van der Waals surface area contributed by atoms with Crippen LogP contribution in [0.3, 0.4) is 0 Å². The highest BCUT2D eigenvalue weighted by Gasteiger charge is 2.22. The highest BCUT2D eigenvalue weighted by Crippen LogP contribution is 2.15. The third-order valence-electron chi connectivity index (χ3n) is 5.17. The quantitative estimate of drug-likeness (QED) is 0.124. The van der Waals surface area contributed by atoms with Crippen LogP contribution in [-0.4, -0.2) is 23.7 Å². The van der Waals surface area contributed by atoms with Gasteiger partial charge in [0.15, 0.2) is 0 Å². The second kappa shape index (κ2) is 21.1. The Hall–Kier alpha value is -1.58. The highest BCUT2D eigenvalue weighted by atomic mass is 16.5. The van der Waals surface area contributed by atoms with E-state index < -0.39 is 17.9 Å². The minimum Gasteiger partial charge on any atom is -0.481 e. The van der Waals surface area contributed by atoms with Crippen molar-refractivity contribution in [2.75, 3.05) is 6.61 Å². The largest absolute Gasteiger partial charge is 0.481 e. The van der Waals surface area contributed by atoms with Gasteiger partial charge in [-0.1, -0.05) is 102 Å². The molecule has 0 spiro atoms. The van der Waals surface area contributed by atoms with Crippen molar-refractivity contribution < 1.29 is 19.4 Å². The smallest absolute Gasteiger partial charge is 0.309 e. The van der Waals surface area contributed by atoms with E-state index in [2.05, 4.69) is 25.7 Å². The fourth-order valence-corrected chi connectivity index (χ4v) is 3.41. The van der Waals surface area contributed by atoms with Crippen molar-refractivity contribution >= 4 is 11.9 Å². The molecule has 0 heterocycles. The Morgan fingerprint density at radius 3 is 1.90 bits per heavy atom. The number of carbonyl (C=O) groups is 2. The van der Waals surface area contributed by atoms with Gasteiger partial charge >= 0.3 is 11.9 Å². The summed E-state index contributed by atoms with van der Waals surface area (Å²) in [4.78, 5) is 22.8. The number of hydrogen-bond acceptors (Lipinski definition) is 3. The molecular weight excluding hydrogens is 364 g/mol. The Kier molecular flexibility index (Phi) is 20.0. The Labute approximate surface area is 178 Å². The van der Waals surface area contributed by atoms with Gasteiger partial charge in [0.1, 0.15) is 6.61 Å². The zero-order valence-electron chi connectivity index (χ0n) is 18.7. The van der Waals surface area contributed by atoms with Crippen LogP contribution in [0.25, 0.3) is 0 Å². The van der Waals surface area contributed by atoms with E-state index >= 15 is 0 Å². The molecule has 0 aliphatic rings. The summed E-state index contributed by atoms with van der Waals surface area (Å²) in [5, 5.41) is 8.95. The van der Waals surface area contributed by atoms with E-state index in [0.717, 1.165) is 6.42 Å². The lowest BCUT2D eigenvalue weighted by atomic mass is 9.99. The zero-order chi connectivity index (χ0) is 21.6. The second-order valence-corrected chi connectivity index (χ2v) is 7.94. The number of aliphatic carboxylic acids is 1. The van der Waals surface area contributed by atoms with Crippen molar-refractivity contribution in [1.29, 1.82) is 0 Å². The molecule has 0 rings (SSSR count). The third kappa shape index (κ3) is 19.5. The SMILES string of the molecule is C=CCOC(=O)C(CC/C=C/CCCCCCCCCCCCCC)CC(=O)O. The van der Waals surface area contributed by atoms with Crippen LogP contribution in [0, 0.1) is 5.92 Å². The normalized spacial score (nSPS) is 12.2. The van der Waals surface area contributed by atoms with Crippen molar-refractivity contribution in [3.05, 3.63) is 24.8 Å². The van der Waals surface area contributed by atoms with E-state index in [1.165, 1.54) is 83.1 Å². The second-order valence-electron chi connectivity index (χ2n) is 7.94. The molecule has 4 nitrogen and oxygen atoms in total. The molecule has 0 aliphatic heterocycles. The summed E-state index contributed by atoms with van der Waals surface area (Å²) >= 11 is 0. The maximum Gasteiger partial charge on any atom is 0.309 e. The fraction of sp³-hybridized carbons (Fsp3) is 0.760. The van der Waals surface area contributed by atoms with Crippen LogP contribution in [0.1, 0.15) is 110 Å². The fourth-order valence-electron chi connectivity index (χ4n) is 3.41. The number of ether oxygens (including phenoxy) is 1. The molecule has 1 unspecified atom stereocenters. The number of rotatable bonds is 21. The van der Waals surface area contributed by atoms with Crippen molar-refractivity contribution in [2.24, 2.45) is 5.92 Å². The first-order valence-corrected chi connectivity index (χ1v) is 11.8. The van der Waals surface area contributed by atoms with E-state index in [1.54, 1.807) is 0 Å². The van der Waals surface area contributed by atoms with Crippen molar-refractivity contribution in [1.82, 2.24) is 0 Å². The average molecular weight is 409 g/mol. The van der Waals surface area contributed by atoms with Crippen molar-refractivity contribution in [3.63, 3.8) is 0 Å². The number of carbonyl (C=O) groups excluding carboxylic acids is 1. The lowest BCUT2D eigenvalue weighted by molar-refractivity contribution is -0.152. The average Bonchev–Trinajstić information content (AvgIpc) is 2.70. The lowest BCUT2D eigenvalue weighted by Gasteiger charge is -2.12. The summed E-state index contributed by atoms with van der Waals surface area (Å²) < 4.78 is 4.99. The summed E-state index contributed by atoms with van der Waals surface area (Å²) in [5.41, 5.74) is 0. The van der Waals surface area contributed by atoms with Gasteiger partial charge in [-0.05, 0) is 25.7 Å². The van der Waals surface area contributed by atoms with Crippen LogP contribution in [0.4, 0.5) is 0 Å². The highest BCUT2D eigenvalue weighted by molar-refractivity contribution is 5.79. The lowest BCUT2D eigenvalue weighted by Crippen LogP contribution is -2.21. The van der Waals surface area contributed by atoms with Crippen molar-refractivity contribution in [2.45, 2.75) is 110 Å². The molecule has 4 heteroatoms. The zero-order valence-corrected chi connectivity index (χ0v) is 18.7. The molecule has 1 N–H and O–H groups in total. The molecule has 29 heavy (non-hydrogen) atoms. The number of hydrogen-bond donors (Lipinski definition) is 1. The molecule has 0 aromatic rings. The molecule has 1 atom stereocenters. The Morgan fingerprint density at radius 2 is 1.38 bits per heavy atom. The molecule has 0 aromatic carbocycles. The van der Waals surface area contributed by atoms with Crippen LogP contribution in [0.2, 0.25) is 0 Å². The van der Waals surface area contributed by atoms with Crippen LogP contribution >= 0.6 is 0 Å². The first-order valence-electron chi connectivity index (χ1n) is 11.8. The summed E-state index contributed by atoms with van der Waals surface area (Å²) in [6.45, 7) is 5.89. The van der Waals surface area contributed by atoms with Crippen LogP contribution < -0.4 is 0 Å². The molecular formula is C25H44O4. The summed E-state index contributed by atoms with van der Waals surface area (Å²) in [6, 6.07) is 0. The number of carboxylic acid groups (broad SMARTS) is 1. The Morgan fingerprint density at radius 1 is 0.862 bits per heavy atom. The van der Waals surface area contributed by atoms with E-state index in [4.69, 9.17) is 9.84 Å². The van der Waals surface area contributed by atoms with Crippen molar-refractivity contribution in [3.8, 4) is 0 Å². The summed E-state index contributed by atoms with van der Waals surface area (Å²) in [5.74, 6) is -1.99. The van der Waals surface area contributed by atoms with Crippen LogP contribution in [-0.2, 0) is 14.3 Å². The molecule has 0 saturated heterocycles. The number of allylic oxidation sites excluding steroid dienone is 2. The molecule has 168 valence electrons. The summed E-state index contributed by atoms with van der Waals surface area (Å²) in [7, 11) is 0. The summed E-state index contributed by atoms with van der Waals surface area (Å²) in [6.07, 6.45) is 24.0. The predicted molar refractivity (Wildman–Crippen MR) is 121 cm³/mol. The minimum atomic E-state index is -0.967. The van der Waals surface area contributed by atoms with Gasteiger partial charge in [0, 0.05) is 0 Å². The van der Waals surface area contributed by atoms with E-state index in [9.17, 15) is 9.59 Å². The monoisotopic (exact) mass is 408 g/mol. The van der Waals surface area contributed by atoms with Gasteiger partial charge < -0.3 is 9.84 Å². The molecule has 0 radical (unpaired) electrons. The van der Waals surface area contributed by atoms with Crippen LogP contribution in [0.5, 0.6) is 0 Å². The molecule has 0 aliphatic carbocycles. The van der Waals surface area contributed by atoms with E-state index in [0.29, 0.717) is 12.8 Å². The third-order valence-corrected chi connectivity index (χ3v) is 5.17. The van der Waals surface area contributed by atoms with E-state index in [1.807, 2.05) is 0 Å². The number of unbranched alkanes of at least 4 members (excludes halogenated alkanes) is 12. The predicted octanol–water partition coefficient (Wildman–Crippen LogP) is 7.23. The number of carboxylic acids is 1. The van der Waals surface area contributed by atoms with Gasteiger partial charge in [-0.25, -0.2) is 0 Å². The topological polar surface area (TPSA) is 63.6 Å². The van der Waals surface area contributed by atoms with Gasteiger partial charge in [-0.3, -0.25) is 9.59 Å². The maximum absolute atomic E-state index is 11.9. The molecule has 0 bridgehead atoms. The first-order chi connectivity index (χ1) is 14.1. The number of esters is 1. The van der Waals surface area contributed by atoms with Gasteiger partial charge in [-0.2, -0.15) is 0 Å². The minimum absolute atomic E-state index is 0.129. The Balaban J connectivity index is 3.60. The van der Waals surface area contributed by atoms with Gasteiger partial charge in [-0.15, -0.1) is 0 Å². The van der Waals surface area contributed by atoms with Gasteiger partial charge in [0.25, 0.3) is 0 Å². The van der Waals surface area contributed by atoms with Gasteiger partial charge in [0.05, 0.1) is 12.3 Å². The van der Waals surface area contributed by atoms with Crippen LogP contribution in [0.15, 0.2) is 24.8 Å². The molecule has 0 aromatic heterocycles. The van der Waals surface area contributed by atoms with Gasteiger partial charge in [0.2, 0.25) is 0 Å². The maximum atomic E-state index is 11.9. The molecule has 0 amide bonds. The Bertz CT molecular complexity index is 442. The standard InChI is InChI=1S/C25H44O4/c1-3-5-6-7-8-9-10-11-12-13-14-15-16-17-18-19-20-23(22-24(26)27)25(28)29-21-4-2/h4,17-18,23H,2-3,5-16,19-22H2,1H3,(H,26,27)/b18-17+.